The number of alkyl carbamates (subject to hydrolysis) is 1. The third kappa shape index (κ3) is 6.42. The Bertz CT molecular complexity index is 323. The van der Waals surface area contributed by atoms with Gasteiger partial charge in [-0.25, -0.2) is 4.79 Å². The molecule has 0 spiro atoms. The first-order chi connectivity index (χ1) is 8.45. The molecule has 0 bridgehead atoms. The molecule has 0 rings (SSSR count). The van der Waals surface area contributed by atoms with Gasteiger partial charge in [0.15, 0.2) is 0 Å². The third-order valence-corrected chi connectivity index (χ3v) is 2.78. The summed E-state index contributed by atoms with van der Waals surface area (Å²) in [6.45, 7) is 10.6. The molecule has 1 unspecified atom stereocenters. The fourth-order valence-electron chi connectivity index (χ4n) is 1.63. The Morgan fingerprint density at radius 3 is 2.00 bits per heavy atom. The van der Waals surface area contributed by atoms with Crippen molar-refractivity contribution in [2.75, 3.05) is 0 Å². The van der Waals surface area contributed by atoms with E-state index in [4.69, 9.17) is 15.6 Å². The SMILES string of the molecule is CC(C)[C@H](NC(=O)OC(C)(C)C)C(N)[C@H](C)C(=O)O. The van der Waals surface area contributed by atoms with Crippen LogP contribution < -0.4 is 11.1 Å². The van der Waals surface area contributed by atoms with Gasteiger partial charge in [0.2, 0.25) is 0 Å². The van der Waals surface area contributed by atoms with Gasteiger partial charge in [-0.15, -0.1) is 0 Å². The van der Waals surface area contributed by atoms with Gasteiger partial charge in [-0.2, -0.15) is 0 Å². The van der Waals surface area contributed by atoms with Crippen LogP contribution in [0.15, 0.2) is 0 Å². The predicted octanol–water partition coefficient (Wildman–Crippen LogP) is 1.58. The van der Waals surface area contributed by atoms with Crippen molar-refractivity contribution in [3.8, 4) is 0 Å². The summed E-state index contributed by atoms with van der Waals surface area (Å²) in [5, 5.41) is 11.6. The summed E-state index contributed by atoms with van der Waals surface area (Å²) in [6.07, 6.45) is -0.584. The van der Waals surface area contributed by atoms with Crippen molar-refractivity contribution in [3.05, 3.63) is 0 Å². The molecule has 3 atom stereocenters. The van der Waals surface area contributed by atoms with Crippen molar-refractivity contribution in [2.24, 2.45) is 17.6 Å². The second kappa shape index (κ2) is 6.75. The van der Waals surface area contributed by atoms with Gasteiger partial charge in [0, 0.05) is 6.04 Å². The molecule has 112 valence electrons. The van der Waals surface area contributed by atoms with E-state index in [2.05, 4.69) is 5.32 Å². The monoisotopic (exact) mass is 274 g/mol. The van der Waals surface area contributed by atoms with E-state index in [0.717, 1.165) is 0 Å². The van der Waals surface area contributed by atoms with Crippen LogP contribution in [0.5, 0.6) is 0 Å². The lowest BCUT2D eigenvalue weighted by Crippen LogP contribution is -2.55. The van der Waals surface area contributed by atoms with Gasteiger partial charge in [-0.05, 0) is 26.7 Å². The number of carbonyl (C=O) groups is 2. The Hall–Kier alpha value is -1.30. The molecular formula is C13H26N2O4. The first kappa shape index (κ1) is 17.7. The van der Waals surface area contributed by atoms with Crippen LogP contribution in [0, 0.1) is 11.8 Å². The minimum atomic E-state index is -0.982. The number of nitrogens with one attached hydrogen (secondary N) is 1. The highest BCUT2D eigenvalue weighted by molar-refractivity contribution is 5.71. The van der Waals surface area contributed by atoms with Crippen LogP contribution in [-0.2, 0) is 9.53 Å². The van der Waals surface area contributed by atoms with Crippen molar-refractivity contribution < 1.29 is 19.4 Å². The first-order valence-electron chi connectivity index (χ1n) is 6.43. The summed E-state index contributed by atoms with van der Waals surface area (Å²) in [5.41, 5.74) is 5.32. The molecule has 19 heavy (non-hydrogen) atoms. The minimum Gasteiger partial charge on any atom is -0.481 e. The van der Waals surface area contributed by atoms with Crippen molar-refractivity contribution in [2.45, 2.75) is 59.2 Å². The zero-order valence-corrected chi connectivity index (χ0v) is 12.6. The molecule has 0 saturated heterocycles. The van der Waals surface area contributed by atoms with Crippen molar-refractivity contribution >= 4 is 12.1 Å². The number of amides is 1. The molecule has 0 saturated carbocycles. The van der Waals surface area contributed by atoms with Gasteiger partial charge in [-0.1, -0.05) is 20.8 Å². The molecule has 6 nitrogen and oxygen atoms in total. The van der Waals surface area contributed by atoms with Crippen molar-refractivity contribution in [1.82, 2.24) is 5.32 Å². The van der Waals surface area contributed by atoms with E-state index in [9.17, 15) is 9.59 Å². The summed E-state index contributed by atoms with van der Waals surface area (Å²) in [6, 6.07) is -1.13. The van der Waals surface area contributed by atoms with Gasteiger partial charge < -0.3 is 20.9 Å². The fraction of sp³-hybridized carbons (Fsp3) is 0.846. The van der Waals surface area contributed by atoms with Crippen LogP contribution in [0.2, 0.25) is 0 Å². The third-order valence-electron chi connectivity index (χ3n) is 2.78. The predicted molar refractivity (Wildman–Crippen MR) is 72.8 cm³/mol. The topological polar surface area (TPSA) is 102 Å². The van der Waals surface area contributed by atoms with Gasteiger partial charge in [0.05, 0.1) is 12.0 Å². The molecule has 0 aliphatic carbocycles. The Morgan fingerprint density at radius 1 is 1.21 bits per heavy atom. The number of rotatable bonds is 5. The van der Waals surface area contributed by atoms with Crippen LogP contribution in [-0.4, -0.2) is 34.9 Å². The highest BCUT2D eigenvalue weighted by atomic mass is 16.6. The average Bonchev–Trinajstić information content (AvgIpc) is 2.20. The Labute approximate surface area is 114 Å². The van der Waals surface area contributed by atoms with Gasteiger partial charge in [0.1, 0.15) is 5.60 Å². The first-order valence-corrected chi connectivity index (χ1v) is 6.43. The summed E-state index contributed by atoms with van der Waals surface area (Å²) in [7, 11) is 0. The largest absolute Gasteiger partial charge is 0.481 e. The number of aliphatic carboxylic acids is 1. The molecule has 1 amide bonds. The number of hydrogen-bond donors (Lipinski definition) is 3. The second-order valence-corrected chi connectivity index (χ2v) is 6.12. The molecule has 0 aromatic rings. The lowest BCUT2D eigenvalue weighted by Gasteiger charge is -2.31. The van der Waals surface area contributed by atoms with Crippen LogP contribution in [0.1, 0.15) is 41.5 Å². The molecule has 4 N–H and O–H groups in total. The zero-order chi connectivity index (χ0) is 15.4. The van der Waals surface area contributed by atoms with E-state index in [-0.39, 0.29) is 5.92 Å². The maximum atomic E-state index is 11.7. The highest BCUT2D eigenvalue weighted by Gasteiger charge is 2.32. The van der Waals surface area contributed by atoms with E-state index >= 15 is 0 Å². The van der Waals surface area contributed by atoms with E-state index in [1.165, 1.54) is 6.92 Å². The summed E-state index contributed by atoms with van der Waals surface area (Å²) in [4.78, 5) is 22.7. The van der Waals surface area contributed by atoms with Gasteiger partial charge in [0.25, 0.3) is 0 Å². The summed E-state index contributed by atoms with van der Waals surface area (Å²) < 4.78 is 5.16. The van der Waals surface area contributed by atoms with Crippen LogP contribution in [0.3, 0.4) is 0 Å². The second-order valence-electron chi connectivity index (χ2n) is 6.12. The number of hydrogen-bond acceptors (Lipinski definition) is 4. The normalized spacial score (nSPS) is 16.6. The molecule has 0 heterocycles. The van der Waals surface area contributed by atoms with Crippen LogP contribution >= 0.6 is 0 Å². The Balaban J connectivity index is 4.76. The highest BCUT2D eigenvalue weighted by Crippen LogP contribution is 2.14. The van der Waals surface area contributed by atoms with E-state index in [1.54, 1.807) is 20.8 Å². The number of carboxylic acids is 1. The van der Waals surface area contributed by atoms with Gasteiger partial charge >= 0.3 is 12.1 Å². The molecule has 0 radical (unpaired) electrons. The molecule has 0 aromatic carbocycles. The number of ether oxygens (including phenoxy) is 1. The lowest BCUT2D eigenvalue weighted by atomic mass is 9.89. The van der Waals surface area contributed by atoms with Crippen LogP contribution in [0.4, 0.5) is 4.79 Å². The van der Waals surface area contributed by atoms with E-state index in [0.29, 0.717) is 0 Å². The smallest absolute Gasteiger partial charge is 0.407 e. The van der Waals surface area contributed by atoms with E-state index in [1.807, 2.05) is 13.8 Å². The molecule has 0 aromatic heterocycles. The maximum Gasteiger partial charge on any atom is 0.407 e. The maximum absolute atomic E-state index is 11.7. The number of carbonyl (C=O) groups excluding carboxylic acids is 1. The summed E-state index contributed by atoms with van der Waals surface area (Å²) >= 11 is 0. The summed E-state index contributed by atoms with van der Waals surface area (Å²) in [5.74, 6) is -1.73. The Kier molecular flexibility index (Phi) is 6.29. The molecule has 0 aliphatic rings. The molecule has 6 heteroatoms. The van der Waals surface area contributed by atoms with Gasteiger partial charge in [-0.3, -0.25) is 4.79 Å². The van der Waals surface area contributed by atoms with Crippen molar-refractivity contribution in [1.29, 1.82) is 0 Å². The van der Waals surface area contributed by atoms with Crippen LogP contribution in [0.25, 0.3) is 0 Å². The quantitative estimate of drug-likeness (QED) is 0.706. The fourth-order valence-corrected chi connectivity index (χ4v) is 1.63. The number of carboxylic acid groups (broad SMARTS) is 1. The number of nitrogens with two attached hydrogens (primary N) is 1. The molecule has 0 fully saturated rings. The minimum absolute atomic E-state index is 0.00400. The Morgan fingerprint density at radius 2 is 1.68 bits per heavy atom. The van der Waals surface area contributed by atoms with E-state index < -0.39 is 35.7 Å². The molecule has 0 aliphatic heterocycles. The zero-order valence-electron chi connectivity index (χ0n) is 12.6. The lowest BCUT2D eigenvalue weighted by molar-refractivity contribution is -0.142. The standard InChI is InChI=1S/C13H26N2O4/c1-7(2)10(9(14)8(3)11(16)17)15-12(18)19-13(4,5)6/h7-10H,14H2,1-6H3,(H,15,18)(H,16,17)/t8-,9?,10-/m0/s1. The average molecular weight is 274 g/mol. The molecular weight excluding hydrogens is 248 g/mol. The van der Waals surface area contributed by atoms with Crippen molar-refractivity contribution in [3.63, 3.8) is 0 Å².